The lowest BCUT2D eigenvalue weighted by Gasteiger charge is -2.39. The molecule has 0 bridgehead atoms. The van der Waals surface area contributed by atoms with Gasteiger partial charge in [-0.25, -0.2) is 0 Å². The van der Waals surface area contributed by atoms with E-state index in [1.54, 1.807) is 30.3 Å². The van der Waals surface area contributed by atoms with Crippen LogP contribution in [0.3, 0.4) is 0 Å². The molecule has 216 valence electrons. The van der Waals surface area contributed by atoms with Gasteiger partial charge in [0.1, 0.15) is 9.96 Å². The van der Waals surface area contributed by atoms with Crippen molar-refractivity contribution in [2.45, 2.75) is 89.8 Å². The summed E-state index contributed by atoms with van der Waals surface area (Å²) in [7, 11) is -2.68. The molecule has 0 aliphatic carbocycles. The topological polar surface area (TPSA) is 92.7 Å². The molecule has 1 aromatic carbocycles. The van der Waals surface area contributed by atoms with Crippen LogP contribution in [0.4, 0.5) is 0 Å². The zero-order valence-corrected chi connectivity index (χ0v) is 25.6. The molecule has 9 heteroatoms. The van der Waals surface area contributed by atoms with E-state index in [0.717, 1.165) is 11.3 Å². The first kappa shape index (κ1) is 34.1. The third kappa shape index (κ3) is 12.7. The number of thiophene rings is 1. The van der Waals surface area contributed by atoms with Gasteiger partial charge in [0.2, 0.25) is 0 Å². The molecule has 0 aliphatic heterocycles. The Balaban J connectivity index is 0.000000391. The smallest absolute Gasteiger partial charge is 0.304 e. The highest BCUT2D eigenvalue weighted by atomic mass is 32.3. The zero-order valence-electron chi connectivity index (χ0n) is 24.0. The van der Waals surface area contributed by atoms with Gasteiger partial charge >= 0.3 is 10.1 Å². The lowest BCUT2D eigenvalue weighted by Crippen LogP contribution is -2.50. The van der Waals surface area contributed by atoms with Crippen molar-refractivity contribution in [2.24, 2.45) is 0 Å². The molecule has 0 saturated heterocycles. The predicted octanol–water partition coefficient (Wildman–Crippen LogP) is 6.94. The molecule has 2 aromatic rings. The summed E-state index contributed by atoms with van der Waals surface area (Å²) in [5, 5.41) is 2.67. The molecule has 1 aromatic heterocycles. The number of benzene rings is 1. The van der Waals surface area contributed by atoms with Crippen LogP contribution >= 0.6 is 11.3 Å². The van der Waals surface area contributed by atoms with E-state index in [1.165, 1.54) is 95.2 Å². The van der Waals surface area contributed by atoms with Crippen LogP contribution < -0.4 is 10.1 Å². The molecule has 1 heterocycles. The highest BCUT2D eigenvalue weighted by Gasteiger charge is 2.24. The van der Waals surface area contributed by atoms with E-state index >= 15 is 0 Å². The minimum Gasteiger partial charge on any atom is -0.497 e. The van der Waals surface area contributed by atoms with Crippen LogP contribution in [0.15, 0.2) is 40.6 Å². The van der Waals surface area contributed by atoms with Crippen LogP contribution in [0, 0.1) is 0 Å². The Morgan fingerprint density at radius 1 is 0.895 bits per heavy atom. The fourth-order valence-electron chi connectivity index (χ4n) is 4.27. The lowest BCUT2D eigenvalue weighted by molar-refractivity contribution is -0.929. The van der Waals surface area contributed by atoms with Crippen molar-refractivity contribution in [3.8, 4) is 5.75 Å². The maximum absolute atomic E-state index is 12.0. The van der Waals surface area contributed by atoms with Crippen LogP contribution in [0.5, 0.6) is 5.75 Å². The maximum atomic E-state index is 12.0. The van der Waals surface area contributed by atoms with Crippen LogP contribution in [0.25, 0.3) is 0 Å². The monoisotopic (exact) mass is 569 g/mol. The van der Waals surface area contributed by atoms with Gasteiger partial charge in [-0.05, 0) is 56.0 Å². The van der Waals surface area contributed by atoms with Crippen molar-refractivity contribution in [2.75, 3.05) is 33.3 Å². The Kier molecular flexibility index (Phi) is 16.5. The Morgan fingerprint density at radius 3 is 1.84 bits per heavy atom. The van der Waals surface area contributed by atoms with E-state index in [1.807, 2.05) is 0 Å². The Bertz CT molecular complexity index is 1000. The van der Waals surface area contributed by atoms with Gasteiger partial charge in [-0.3, -0.25) is 9.35 Å². The summed E-state index contributed by atoms with van der Waals surface area (Å²) in [5.74, 6) is 0.281. The number of ether oxygens (including phenoxy) is 1. The molecule has 0 atom stereocenters. The number of carbonyl (C=O) groups is 1. The van der Waals surface area contributed by atoms with Gasteiger partial charge in [-0.2, -0.15) is 8.42 Å². The van der Waals surface area contributed by atoms with Crippen LogP contribution in [-0.4, -0.2) is 56.6 Å². The first-order chi connectivity index (χ1) is 18.1. The summed E-state index contributed by atoms with van der Waals surface area (Å²) >= 11 is 0.907. The van der Waals surface area contributed by atoms with Crippen LogP contribution in [0.1, 0.15) is 94.3 Å². The number of rotatable bonds is 17. The molecule has 0 saturated carbocycles. The molecule has 1 amide bonds. The van der Waals surface area contributed by atoms with Gasteiger partial charge in [0.15, 0.2) is 0 Å². The van der Waals surface area contributed by atoms with E-state index in [-0.39, 0.29) is 16.7 Å². The van der Waals surface area contributed by atoms with E-state index < -0.39 is 10.1 Å². The molecule has 38 heavy (non-hydrogen) atoms. The van der Waals surface area contributed by atoms with Crippen molar-refractivity contribution in [1.82, 2.24) is 5.32 Å². The maximum Gasteiger partial charge on any atom is 0.304 e. The fraction of sp³-hybridized carbons (Fsp3) is 0.621. The predicted molar refractivity (Wildman–Crippen MR) is 158 cm³/mol. The minimum absolute atomic E-state index is 0.145. The van der Waals surface area contributed by atoms with Crippen molar-refractivity contribution in [1.29, 1.82) is 0 Å². The highest BCUT2D eigenvalue weighted by Crippen LogP contribution is 2.21. The lowest BCUT2D eigenvalue weighted by atomic mass is 10.1. The van der Waals surface area contributed by atoms with Gasteiger partial charge in [0.05, 0.1) is 39.8 Å². The average Bonchev–Trinajstić information content (AvgIpc) is 3.41. The zero-order chi connectivity index (χ0) is 28.4. The first-order valence-corrected chi connectivity index (χ1v) is 16.2. The second kappa shape index (κ2) is 18.4. The normalized spacial score (nSPS) is 11.5. The molecule has 2 rings (SSSR count). The number of nitrogens with one attached hydrogen (secondary N) is 1. The van der Waals surface area contributed by atoms with E-state index in [0.29, 0.717) is 16.2 Å². The second-order valence-electron chi connectivity index (χ2n) is 9.76. The van der Waals surface area contributed by atoms with Crippen molar-refractivity contribution >= 4 is 27.4 Å². The SMILES string of the molecule is CCCC[N+](CCCC)(CCCC)CCCC.COc1cccc(C(=O)NCc2ccc(S(=O)(=O)O)s2)c1. The van der Waals surface area contributed by atoms with Gasteiger partial charge < -0.3 is 14.5 Å². The molecule has 7 nitrogen and oxygen atoms in total. The van der Waals surface area contributed by atoms with Crippen molar-refractivity contribution in [3.63, 3.8) is 0 Å². The number of unbranched alkanes of at least 4 members (excludes halogenated alkanes) is 4. The van der Waals surface area contributed by atoms with Crippen molar-refractivity contribution < 1.29 is 27.0 Å². The van der Waals surface area contributed by atoms with E-state index in [9.17, 15) is 13.2 Å². The fourth-order valence-corrected chi connectivity index (χ4v) is 5.93. The number of nitrogens with zero attached hydrogens (tertiary/aromatic N) is 1. The van der Waals surface area contributed by atoms with E-state index in [4.69, 9.17) is 9.29 Å². The molecule has 2 N–H and O–H groups in total. The van der Waals surface area contributed by atoms with Gasteiger partial charge in [0, 0.05) is 10.4 Å². The minimum atomic E-state index is -4.19. The highest BCUT2D eigenvalue weighted by molar-refractivity contribution is 7.88. The van der Waals surface area contributed by atoms with Crippen LogP contribution in [0.2, 0.25) is 0 Å². The van der Waals surface area contributed by atoms with Gasteiger partial charge in [0.25, 0.3) is 5.91 Å². The molecule has 0 aliphatic rings. The summed E-state index contributed by atoms with van der Waals surface area (Å²) in [6.45, 7) is 15.2. The molecule has 0 fully saturated rings. The standard InChI is InChI=1S/C16H36N.C13H13NO5S2/c1-5-9-13-17(14-10-6-2,15-11-7-3)16-12-8-4;1-19-10-4-2-3-9(7-10)13(15)14-8-11-5-6-12(20-11)21(16,17)18/h5-16H2,1-4H3;2-7H,8H2,1H3,(H,14,15)(H,16,17,18)/q+1;. The first-order valence-electron chi connectivity index (χ1n) is 14.0. The van der Waals surface area contributed by atoms with Gasteiger partial charge in [-0.15, -0.1) is 11.3 Å². The largest absolute Gasteiger partial charge is 0.497 e. The summed E-state index contributed by atoms with van der Waals surface area (Å²) in [5.41, 5.74) is 0.445. The third-order valence-electron chi connectivity index (χ3n) is 6.59. The van der Waals surface area contributed by atoms with Crippen molar-refractivity contribution in [3.05, 3.63) is 46.8 Å². The average molecular weight is 570 g/mol. The summed E-state index contributed by atoms with van der Waals surface area (Å²) < 4.78 is 37.1. The quantitative estimate of drug-likeness (QED) is 0.159. The number of amides is 1. The molecule has 0 radical (unpaired) electrons. The molecular weight excluding hydrogens is 520 g/mol. The molecule has 0 unspecified atom stereocenters. The number of methoxy groups -OCH3 is 1. The number of quaternary nitrogens is 1. The third-order valence-corrected chi connectivity index (χ3v) is 9.00. The molecule has 0 spiro atoms. The second-order valence-corrected chi connectivity index (χ2v) is 12.6. The summed E-state index contributed by atoms with van der Waals surface area (Å²) in [6.07, 6.45) is 11.1. The summed E-state index contributed by atoms with van der Waals surface area (Å²) in [4.78, 5) is 12.6. The van der Waals surface area contributed by atoms with E-state index in [2.05, 4.69) is 33.0 Å². The number of hydrogen-bond acceptors (Lipinski definition) is 5. The Hall–Kier alpha value is -1.94. The Morgan fingerprint density at radius 2 is 1.42 bits per heavy atom. The Labute approximate surface area is 234 Å². The molecular formula is C29H49N2O5S2+. The van der Waals surface area contributed by atoms with Gasteiger partial charge in [-0.1, -0.05) is 59.4 Å². The number of carbonyl (C=O) groups excluding carboxylic acids is 1. The number of hydrogen-bond donors (Lipinski definition) is 2. The van der Waals surface area contributed by atoms with Crippen LogP contribution in [-0.2, 0) is 16.7 Å². The summed E-state index contributed by atoms with van der Waals surface area (Å²) in [6, 6.07) is 9.53.